The predicted molar refractivity (Wildman–Crippen MR) is 85.3 cm³/mol. The van der Waals surface area contributed by atoms with Crippen molar-refractivity contribution < 1.29 is 5.11 Å². The normalized spacial score (nSPS) is 21.2. The van der Waals surface area contributed by atoms with Gasteiger partial charge in [-0.15, -0.1) is 0 Å². The lowest BCUT2D eigenvalue weighted by molar-refractivity contribution is 0.247. The van der Waals surface area contributed by atoms with Crippen molar-refractivity contribution in [2.45, 2.75) is 25.4 Å². The van der Waals surface area contributed by atoms with Crippen LogP contribution < -0.4 is 0 Å². The second-order valence-corrected chi connectivity index (χ2v) is 6.77. The fourth-order valence-corrected chi connectivity index (χ4v) is 4.35. The second kappa shape index (κ2) is 4.61. The van der Waals surface area contributed by atoms with E-state index in [1.54, 1.807) is 12.1 Å². The van der Waals surface area contributed by atoms with E-state index in [1.165, 1.54) is 12.1 Å². The smallest absolute Gasteiger partial charge is 0.124 e. The zero-order valence-electron chi connectivity index (χ0n) is 10.7. The van der Waals surface area contributed by atoms with Gasteiger partial charge < -0.3 is 9.67 Å². The van der Waals surface area contributed by atoms with E-state index in [9.17, 15) is 5.11 Å². The third-order valence-electron chi connectivity index (χ3n) is 4.21. The highest BCUT2D eigenvalue weighted by Crippen LogP contribution is 2.42. The molecule has 0 amide bonds. The van der Waals surface area contributed by atoms with Crippen LogP contribution in [0.1, 0.15) is 30.1 Å². The van der Waals surface area contributed by atoms with E-state index in [1.807, 2.05) is 6.33 Å². The summed E-state index contributed by atoms with van der Waals surface area (Å²) in [6, 6.07) is 3.80. The van der Waals surface area contributed by atoms with Crippen LogP contribution in [0.5, 0.6) is 5.75 Å². The third kappa shape index (κ3) is 1.79. The number of hydrogen-bond donors (Lipinski definition) is 1. The molecule has 104 valence electrons. The van der Waals surface area contributed by atoms with E-state index in [4.69, 9.17) is 11.6 Å². The fraction of sp³-hybridized carbons (Fsp3) is 0.357. The van der Waals surface area contributed by atoms with Crippen LogP contribution in [-0.4, -0.2) is 26.1 Å². The van der Waals surface area contributed by atoms with Crippen molar-refractivity contribution in [3.8, 4) is 11.4 Å². The quantitative estimate of drug-likeness (QED) is 0.687. The van der Waals surface area contributed by atoms with E-state index < -0.39 is 0 Å². The van der Waals surface area contributed by atoms with Gasteiger partial charge in [-0.1, -0.05) is 11.6 Å². The first kappa shape index (κ1) is 12.9. The van der Waals surface area contributed by atoms with Crippen LogP contribution in [0.4, 0.5) is 0 Å². The lowest BCUT2D eigenvalue weighted by Crippen LogP contribution is -2.22. The largest absolute Gasteiger partial charge is 0.508 e. The molecule has 0 unspecified atom stereocenters. The number of nitrogens with zero attached hydrogens (tertiary/aromatic N) is 3. The number of aromatic hydroxyl groups is 1. The summed E-state index contributed by atoms with van der Waals surface area (Å²) < 4.78 is 3.13. The van der Waals surface area contributed by atoms with E-state index >= 15 is 0 Å². The van der Waals surface area contributed by atoms with Gasteiger partial charge in [0.15, 0.2) is 0 Å². The van der Waals surface area contributed by atoms with Crippen LogP contribution in [0.15, 0.2) is 18.5 Å². The van der Waals surface area contributed by atoms with Crippen LogP contribution >= 0.6 is 34.2 Å². The highest BCUT2D eigenvalue weighted by atomic mass is 127. The number of fused-ring (bicyclic) bond motifs is 5. The Morgan fingerprint density at radius 3 is 3.10 bits per heavy atom. The number of imidazole rings is 1. The van der Waals surface area contributed by atoms with E-state index in [0.29, 0.717) is 11.1 Å². The summed E-state index contributed by atoms with van der Waals surface area (Å²) in [6.45, 7) is 1.92. The molecule has 1 aromatic heterocycles. The van der Waals surface area contributed by atoms with Crippen molar-refractivity contribution in [2.75, 3.05) is 6.54 Å². The summed E-state index contributed by atoms with van der Waals surface area (Å²) in [5.74, 6) is 0.200. The van der Waals surface area contributed by atoms with E-state index in [0.717, 1.165) is 34.5 Å². The minimum atomic E-state index is 0.200. The Balaban J connectivity index is 2.03. The Kier molecular flexibility index (Phi) is 2.98. The SMILES string of the molecule is Oc1cc(Cl)c2c(c1)-n1cnc(I)c1[C@@H]1CCCN1C2. The van der Waals surface area contributed by atoms with Gasteiger partial charge in [-0.3, -0.25) is 4.90 Å². The first-order valence-electron chi connectivity index (χ1n) is 6.63. The molecule has 0 spiro atoms. The molecule has 1 atom stereocenters. The molecule has 3 heterocycles. The standard InChI is InChI=1S/C14H13ClIN3O/c15-10-4-8(20)5-12-9(10)6-18-3-1-2-11(18)13-14(16)17-7-19(12)13/h4-5,7,11,20H,1-3,6H2/t11-/m0/s1. The molecular formula is C14H13ClIN3O. The summed E-state index contributed by atoms with van der Waals surface area (Å²) in [4.78, 5) is 6.92. The fourth-order valence-electron chi connectivity index (χ4n) is 3.33. The lowest BCUT2D eigenvalue weighted by Gasteiger charge is -2.22. The van der Waals surface area contributed by atoms with Crippen molar-refractivity contribution >= 4 is 34.2 Å². The van der Waals surface area contributed by atoms with E-state index in [-0.39, 0.29) is 5.75 Å². The molecular weight excluding hydrogens is 389 g/mol. The Morgan fingerprint density at radius 2 is 2.25 bits per heavy atom. The zero-order chi connectivity index (χ0) is 13.9. The maximum absolute atomic E-state index is 9.86. The molecule has 1 saturated heterocycles. The minimum absolute atomic E-state index is 0.200. The molecule has 4 rings (SSSR count). The van der Waals surface area contributed by atoms with Gasteiger partial charge in [0.05, 0.1) is 22.4 Å². The molecule has 0 aliphatic carbocycles. The molecule has 0 saturated carbocycles. The van der Waals surface area contributed by atoms with Crippen LogP contribution in [-0.2, 0) is 6.54 Å². The molecule has 6 heteroatoms. The summed E-state index contributed by atoms with van der Waals surface area (Å²) in [6.07, 6.45) is 4.20. The molecule has 1 aromatic carbocycles. The maximum atomic E-state index is 9.86. The number of aromatic nitrogens is 2. The average Bonchev–Trinajstić information content (AvgIpc) is 2.96. The van der Waals surface area contributed by atoms with Crippen molar-refractivity contribution in [3.05, 3.63) is 38.4 Å². The second-order valence-electron chi connectivity index (χ2n) is 5.34. The van der Waals surface area contributed by atoms with Crippen LogP contribution in [0, 0.1) is 3.70 Å². The van der Waals surface area contributed by atoms with Gasteiger partial charge in [-0.2, -0.15) is 0 Å². The number of phenolic OH excluding ortho intramolecular Hbond substituents is 1. The van der Waals surface area contributed by atoms with Crippen molar-refractivity contribution in [2.24, 2.45) is 0 Å². The molecule has 2 aliphatic rings. The summed E-state index contributed by atoms with van der Waals surface area (Å²) in [5, 5.41) is 10.5. The molecule has 1 N–H and O–H groups in total. The topological polar surface area (TPSA) is 41.3 Å². The van der Waals surface area contributed by atoms with Crippen molar-refractivity contribution in [3.63, 3.8) is 0 Å². The Morgan fingerprint density at radius 1 is 1.40 bits per heavy atom. The van der Waals surface area contributed by atoms with Crippen LogP contribution in [0.25, 0.3) is 5.69 Å². The molecule has 4 nitrogen and oxygen atoms in total. The minimum Gasteiger partial charge on any atom is -0.508 e. The van der Waals surface area contributed by atoms with Gasteiger partial charge in [0.25, 0.3) is 0 Å². The number of halogens is 2. The first-order valence-corrected chi connectivity index (χ1v) is 8.09. The predicted octanol–water partition coefficient (Wildman–Crippen LogP) is 3.49. The summed E-state index contributed by atoms with van der Waals surface area (Å²) in [5.41, 5.74) is 3.25. The molecule has 0 radical (unpaired) electrons. The molecule has 2 aromatic rings. The average molecular weight is 402 g/mol. The van der Waals surface area contributed by atoms with Crippen molar-refractivity contribution in [1.82, 2.24) is 14.5 Å². The van der Waals surface area contributed by atoms with Crippen LogP contribution in [0.3, 0.4) is 0 Å². The number of hydrogen-bond acceptors (Lipinski definition) is 3. The van der Waals surface area contributed by atoms with Gasteiger partial charge in [0, 0.05) is 18.2 Å². The highest BCUT2D eigenvalue weighted by molar-refractivity contribution is 14.1. The third-order valence-corrected chi connectivity index (χ3v) is 5.38. The van der Waals surface area contributed by atoms with Gasteiger partial charge in [-0.05, 0) is 48.0 Å². The molecule has 0 bridgehead atoms. The number of phenols is 1. The van der Waals surface area contributed by atoms with Gasteiger partial charge in [0.2, 0.25) is 0 Å². The molecule has 1 fully saturated rings. The monoisotopic (exact) mass is 401 g/mol. The van der Waals surface area contributed by atoms with Crippen LogP contribution in [0.2, 0.25) is 5.02 Å². The lowest BCUT2D eigenvalue weighted by atomic mass is 10.1. The molecule has 2 aliphatic heterocycles. The summed E-state index contributed by atoms with van der Waals surface area (Å²) >= 11 is 8.66. The van der Waals surface area contributed by atoms with Gasteiger partial charge in [0.1, 0.15) is 15.8 Å². The molecule has 20 heavy (non-hydrogen) atoms. The first-order chi connectivity index (χ1) is 9.65. The number of benzene rings is 1. The summed E-state index contributed by atoms with van der Waals surface area (Å²) in [7, 11) is 0. The van der Waals surface area contributed by atoms with Crippen molar-refractivity contribution in [1.29, 1.82) is 0 Å². The van der Waals surface area contributed by atoms with Gasteiger partial charge in [-0.25, -0.2) is 4.98 Å². The Bertz CT molecular complexity index is 700. The van der Waals surface area contributed by atoms with E-state index in [2.05, 4.69) is 37.0 Å². The Labute approximate surface area is 135 Å². The Hall–Kier alpha value is -0.790. The highest BCUT2D eigenvalue weighted by Gasteiger charge is 2.35. The number of rotatable bonds is 0. The van der Waals surface area contributed by atoms with Gasteiger partial charge >= 0.3 is 0 Å². The maximum Gasteiger partial charge on any atom is 0.124 e. The zero-order valence-corrected chi connectivity index (χ0v) is 13.6.